The highest BCUT2D eigenvalue weighted by Gasteiger charge is 2.35. The van der Waals surface area contributed by atoms with Gasteiger partial charge in [0.1, 0.15) is 0 Å². The molecule has 3 heterocycles. The van der Waals surface area contributed by atoms with E-state index in [9.17, 15) is 4.79 Å². The van der Waals surface area contributed by atoms with Gasteiger partial charge < -0.3 is 18.9 Å². The first-order chi connectivity index (χ1) is 14.2. The lowest BCUT2D eigenvalue weighted by Crippen LogP contribution is -2.39. The van der Waals surface area contributed by atoms with Crippen molar-refractivity contribution >= 4 is 5.97 Å². The third kappa shape index (κ3) is 3.04. The zero-order valence-corrected chi connectivity index (χ0v) is 16.6. The predicted molar refractivity (Wildman–Crippen MR) is 107 cm³/mol. The third-order valence-corrected chi connectivity index (χ3v) is 5.92. The lowest BCUT2D eigenvalue weighted by Gasteiger charge is -2.41. The number of esters is 1. The lowest BCUT2D eigenvalue weighted by atomic mass is 9.83. The summed E-state index contributed by atoms with van der Waals surface area (Å²) in [5, 5.41) is 0. The summed E-state index contributed by atoms with van der Waals surface area (Å²) in [6.45, 7) is 3.73. The van der Waals surface area contributed by atoms with Crippen LogP contribution in [0.3, 0.4) is 0 Å². The second-order valence-corrected chi connectivity index (χ2v) is 7.50. The Hall–Kier alpha value is -2.99. The number of nitrogens with zero attached hydrogens (tertiary/aromatic N) is 1. The standard InChI is InChI=1S/C23H23NO5/c1-3-4-22(25)29-23-17-12-24-8-7-15-10-20-21(28-13-27-20)11-16(15)18(24)9-14(17)5-6-19(23)26-2/h3-6,10-11,18H,7-9,12-13H2,1-2H3/b4-3+. The number of rotatable bonds is 3. The molecule has 0 aliphatic carbocycles. The first-order valence-electron chi connectivity index (χ1n) is 9.87. The number of benzene rings is 2. The van der Waals surface area contributed by atoms with Crippen molar-refractivity contribution in [3.8, 4) is 23.0 Å². The molecule has 0 aromatic heterocycles. The monoisotopic (exact) mass is 393 g/mol. The van der Waals surface area contributed by atoms with Crippen LogP contribution in [0.1, 0.15) is 35.2 Å². The molecule has 2 aromatic rings. The molecule has 5 rings (SSSR count). The van der Waals surface area contributed by atoms with Gasteiger partial charge in [0.15, 0.2) is 23.0 Å². The Labute approximate surface area is 169 Å². The average molecular weight is 393 g/mol. The molecule has 150 valence electrons. The molecule has 1 atom stereocenters. The quantitative estimate of drug-likeness (QED) is 0.452. The summed E-state index contributed by atoms with van der Waals surface area (Å²) in [6, 6.07) is 8.50. The summed E-state index contributed by atoms with van der Waals surface area (Å²) in [4.78, 5) is 14.6. The van der Waals surface area contributed by atoms with E-state index in [-0.39, 0.29) is 12.8 Å². The van der Waals surface area contributed by atoms with Gasteiger partial charge in [-0.1, -0.05) is 12.1 Å². The SMILES string of the molecule is C/C=C/C(=O)Oc1c(OC)ccc2c1CN1CCc3cc4c(cc3C1C2)OCO4. The molecule has 1 unspecified atom stereocenters. The molecule has 6 heteroatoms. The lowest BCUT2D eigenvalue weighted by molar-refractivity contribution is -0.129. The van der Waals surface area contributed by atoms with Crippen molar-refractivity contribution in [1.29, 1.82) is 0 Å². The topological polar surface area (TPSA) is 57.2 Å². The second-order valence-electron chi connectivity index (χ2n) is 7.50. The van der Waals surface area contributed by atoms with Crippen molar-refractivity contribution < 1.29 is 23.7 Å². The highest BCUT2D eigenvalue weighted by atomic mass is 16.7. The van der Waals surface area contributed by atoms with E-state index in [1.54, 1.807) is 20.1 Å². The fourth-order valence-electron chi connectivity index (χ4n) is 4.54. The van der Waals surface area contributed by atoms with Crippen LogP contribution >= 0.6 is 0 Å². The molecule has 0 fully saturated rings. The maximum absolute atomic E-state index is 12.1. The van der Waals surface area contributed by atoms with Gasteiger partial charge in [-0.15, -0.1) is 0 Å². The number of carbonyl (C=O) groups is 1. The van der Waals surface area contributed by atoms with Gasteiger partial charge in [0.2, 0.25) is 6.79 Å². The zero-order chi connectivity index (χ0) is 20.0. The van der Waals surface area contributed by atoms with Crippen LogP contribution in [-0.4, -0.2) is 31.3 Å². The molecular formula is C23H23NO5. The molecule has 0 amide bonds. The minimum absolute atomic E-state index is 0.272. The summed E-state index contributed by atoms with van der Waals surface area (Å²) >= 11 is 0. The molecule has 0 saturated heterocycles. The molecule has 0 spiro atoms. The van der Waals surface area contributed by atoms with E-state index in [0.29, 0.717) is 18.0 Å². The Morgan fingerprint density at radius 2 is 2.03 bits per heavy atom. The Morgan fingerprint density at radius 3 is 2.83 bits per heavy atom. The van der Waals surface area contributed by atoms with Crippen LogP contribution in [-0.2, 0) is 24.2 Å². The van der Waals surface area contributed by atoms with E-state index in [4.69, 9.17) is 18.9 Å². The van der Waals surface area contributed by atoms with Gasteiger partial charge in [-0.3, -0.25) is 4.90 Å². The van der Waals surface area contributed by atoms with Crippen molar-refractivity contribution in [3.05, 3.63) is 58.7 Å². The van der Waals surface area contributed by atoms with E-state index >= 15 is 0 Å². The molecule has 0 N–H and O–H groups in total. The average Bonchev–Trinajstić information content (AvgIpc) is 3.19. The fraction of sp³-hybridized carbons (Fsp3) is 0.348. The summed E-state index contributed by atoms with van der Waals surface area (Å²) in [5.74, 6) is 2.39. The van der Waals surface area contributed by atoms with Crippen LogP contribution < -0.4 is 18.9 Å². The number of ether oxygens (including phenoxy) is 4. The molecule has 29 heavy (non-hydrogen) atoms. The van der Waals surface area contributed by atoms with Crippen LogP contribution in [0.5, 0.6) is 23.0 Å². The molecule has 6 nitrogen and oxygen atoms in total. The fourth-order valence-corrected chi connectivity index (χ4v) is 4.54. The molecule has 0 radical (unpaired) electrons. The molecule has 3 aliphatic rings. The summed E-state index contributed by atoms with van der Waals surface area (Å²) in [7, 11) is 1.60. The minimum Gasteiger partial charge on any atom is -0.493 e. The van der Waals surface area contributed by atoms with Gasteiger partial charge in [0.25, 0.3) is 0 Å². The number of hydrogen-bond acceptors (Lipinski definition) is 6. The number of allylic oxidation sites excluding steroid dienone is 1. The van der Waals surface area contributed by atoms with E-state index in [2.05, 4.69) is 23.1 Å². The molecule has 0 bridgehead atoms. The van der Waals surface area contributed by atoms with E-state index in [1.807, 2.05) is 6.07 Å². The summed E-state index contributed by atoms with van der Waals surface area (Å²) in [6.07, 6.45) is 4.89. The normalized spacial score (nSPS) is 19.4. The van der Waals surface area contributed by atoms with Gasteiger partial charge >= 0.3 is 5.97 Å². The largest absolute Gasteiger partial charge is 0.493 e. The summed E-state index contributed by atoms with van der Waals surface area (Å²) < 4.78 is 22.3. The number of carbonyl (C=O) groups excluding carboxylic acids is 1. The number of methoxy groups -OCH3 is 1. The van der Waals surface area contributed by atoms with Gasteiger partial charge in [0.05, 0.1) is 7.11 Å². The number of hydrogen-bond donors (Lipinski definition) is 0. The van der Waals surface area contributed by atoms with Crippen molar-refractivity contribution in [1.82, 2.24) is 4.90 Å². The zero-order valence-electron chi connectivity index (χ0n) is 16.6. The van der Waals surface area contributed by atoms with Gasteiger partial charge in [-0.2, -0.15) is 0 Å². The van der Waals surface area contributed by atoms with E-state index in [0.717, 1.165) is 36.4 Å². The third-order valence-electron chi connectivity index (χ3n) is 5.92. The van der Waals surface area contributed by atoms with Crippen molar-refractivity contribution in [2.24, 2.45) is 0 Å². The molecule has 0 saturated carbocycles. The second kappa shape index (κ2) is 7.12. The van der Waals surface area contributed by atoms with E-state index < -0.39 is 5.97 Å². The Kier molecular flexibility index (Phi) is 4.43. The Balaban J connectivity index is 1.53. The van der Waals surface area contributed by atoms with Crippen LogP contribution in [0.25, 0.3) is 0 Å². The minimum atomic E-state index is -0.391. The number of fused-ring (bicyclic) bond motifs is 5. The first kappa shape index (κ1) is 18.1. The highest BCUT2D eigenvalue weighted by Crippen LogP contribution is 2.46. The van der Waals surface area contributed by atoms with E-state index in [1.165, 1.54) is 22.8 Å². The highest BCUT2D eigenvalue weighted by molar-refractivity contribution is 5.84. The van der Waals surface area contributed by atoms with Crippen LogP contribution in [0.4, 0.5) is 0 Å². The summed E-state index contributed by atoms with van der Waals surface area (Å²) in [5.41, 5.74) is 4.84. The van der Waals surface area contributed by atoms with Gasteiger partial charge in [0, 0.05) is 30.8 Å². The van der Waals surface area contributed by atoms with Crippen molar-refractivity contribution in [3.63, 3.8) is 0 Å². The van der Waals surface area contributed by atoms with Crippen molar-refractivity contribution in [2.75, 3.05) is 20.4 Å². The first-order valence-corrected chi connectivity index (χ1v) is 9.87. The van der Waals surface area contributed by atoms with Crippen LogP contribution in [0, 0.1) is 0 Å². The maximum Gasteiger partial charge on any atom is 0.335 e. The Morgan fingerprint density at radius 1 is 1.21 bits per heavy atom. The molecule has 3 aliphatic heterocycles. The molecular weight excluding hydrogens is 370 g/mol. The Bertz CT molecular complexity index is 1010. The van der Waals surface area contributed by atoms with Crippen molar-refractivity contribution in [2.45, 2.75) is 32.4 Å². The van der Waals surface area contributed by atoms with Gasteiger partial charge in [-0.25, -0.2) is 4.79 Å². The molecule has 2 aromatic carbocycles. The predicted octanol–water partition coefficient (Wildman–Crippen LogP) is 3.56. The van der Waals surface area contributed by atoms with Gasteiger partial charge in [-0.05, 0) is 54.7 Å². The maximum atomic E-state index is 12.1. The van der Waals surface area contributed by atoms with Crippen LogP contribution in [0.15, 0.2) is 36.4 Å². The smallest absolute Gasteiger partial charge is 0.335 e. The van der Waals surface area contributed by atoms with Crippen LogP contribution in [0.2, 0.25) is 0 Å².